The summed E-state index contributed by atoms with van der Waals surface area (Å²) in [7, 11) is 0. The fourth-order valence-electron chi connectivity index (χ4n) is 4.84. The minimum Gasteiger partial charge on any atom is -0.462 e. The van der Waals surface area contributed by atoms with Crippen molar-refractivity contribution in [3.63, 3.8) is 0 Å². The molecule has 0 bridgehead atoms. The van der Waals surface area contributed by atoms with E-state index >= 15 is 0 Å². The molecular formula is C28H18F2N2O3. The van der Waals surface area contributed by atoms with Gasteiger partial charge in [-0.2, -0.15) is 0 Å². The van der Waals surface area contributed by atoms with Crippen molar-refractivity contribution >= 4 is 55.4 Å². The maximum absolute atomic E-state index is 14.4. The number of aromatic nitrogens is 2. The highest BCUT2D eigenvalue weighted by Crippen LogP contribution is 2.42. The normalized spacial score (nSPS) is 11.6. The number of ketones is 1. The lowest BCUT2D eigenvalue weighted by atomic mass is 9.91. The molecule has 5 nitrogen and oxygen atoms in total. The molecule has 0 atom stereocenters. The number of fused-ring (bicyclic) bond motifs is 6. The molecule has 0 fully saturated rings. The number of nitrogens with one attached hydrogen (secondary N) is 2. The van der Waals surface area contributed by atoms with Gasteiger partial charge in [-0.3, -0.25) is 4.79 Å². The first-order valence-corrected chi connectivity index (χ1v) is 11.1. The Hall–Kier alpha value is -4.52. The van der Waals surface area contributed by atoms with Gasteiger partial charge in [0.25, 0.3) is 0 Å². The Kier molecular flexibility index (Phi) is 4.67. The lowest BCUT2D eigenvalue weighted by Crippen LogP contribution is -2.09. The first-order chi connectivity index (χ1) is 17.0. The maximum atomic E-state index is 14.4. The summed E-state index contributed by atoms with van der Waals surface area (Å²) in [5.74, 6) is -1.91. The lowest BCUT2D eigenvalue weighted by Gasteiger charge is -2.11. The van der Waals surface area contributed by atoms with Crippen molar-refractivity contribution in [1.29, 1.82) is 0 Å². The zero-order chi connectivity index (χ0) is 24.3. The van der Waals surface area contributed by atoms with Crippen LogP contribution in [0.1, 0.15) is 33.2 Å². The second-order valence-electron chi connectivity index (χ2n) is 8.30. The Morgan fingerprint density at radius 3 is 1.83 bits per heavy atom. The van der Waals surface area contributed by atoms with E-state index in [4.69, 9.17) is 4.74 Å². The number of rotatable bonds is 4. The standard InChI is InChI=1S/C28H18F2N2O3/c1-2-35-28(34)24-25-21(17-12-15(29)8-10-19(17)31-25)23(27(33)14-6-4-3-5-7-14)22-18-13-16(30)9-11-20(18)32-26(22)24/h3-13,31-32H,2H2,1H3. The van der Waals surface area contributed by atoms with E-state index < -0.39 is 17.6 Å². The number of hydrogen-bond acceptors (Lipinski definition) is 3. The van der Waals surface area contributed by atoms with Gasteiger partial charge >= 0.3 is 5.97 Å². The van der Waals surface area contributed by atoms with E-state index in [9.17, 15) is 18.4 Å². The van der Waals surface area contributed by atoms with Gasteiger partial charge < -0.3 is 14.7 Å². The van der Waals surface area contributed by atoms with E-state index in [0.29, 0.717) is 49.2 Å². The average molecular weight is 468 g/mol. The topological polar surface area (TPSA) is 75.0 Å². The third kappa shape index (κ3) is 3.12. The van der Waals surface area contributed by atoms with Crippen LogP contribution in [0.3, 0.4) is 0 Å². The van der Waals surface area contributed by atoms with Crippen molar-refractivity contribution in [1.82, 2.24) is 9.97 Å². The Morgan fingerprint density at radius 2 is 1.31 bits per heavy atom. The number of benzene rings is 4. The van der Waals surface area contributed by atoms with Gasteiger partial charge in [0.15, 0.2) is 5.78 Å². The second kappa shape index (κ2) is 7.77. The summed E-state index contributed by atoms with van der Waals surface area (Å²) in [5, 5.41) is 1.65. The van der Waals surface area contributed by atoms with Crippen LogP contribution in [0.5, 0.6) is 0 Å². The summed E-state index contributed by atoms with van der Waals surface area (Å²) in [4.78, 5) is 33.6. The summed E-state index contributed by atoms with van der Waals surface area (Å²) in [6.45, 7) is 1.83. The SMILES string of the molecule is CCOC(=O)c1c2[nH]c3ccc(F)cc3c2c(C(=O)c2ccccc2)c2c1[nH]c1ccc(F)cc12. The van der Waals surface area contributed by atoms with Crippen LogP contribution in [-0.2, 0) is 4.74 Å². The molecule has 0 saturated heterocycles. The van der Waals surface area contributed by atoms with Crippen molar-refractivity contribution in [3.8, 4) is 0 Å². The summed E-state index contributed by atoms with van der Waals surface area (Å²) in [5.41, 5.74) is 2.65. The van der Waals surface area contributed by atoms with Gasteiger partial charge in [0.1, 0.15) is 17.2 Å². The van der Waals surface area contributed by atoms with E-state index in [-0.39, 0.29) is 23.5 Å². The molecule has 2 N–H and O–H groups in total. The van der Waals surface area contributed by atoms with Crippen molar-refractivity contribution in [2.45, 2.75) is 6.92 Å². The van der Waals surface area contributed by atoms with Crippen LogP contribution in [0.15, 0.2) is 66.7 Å². The predicted octanol–water partition coefficient (Wildman–Crippen LogP) is 6.64. The minimum absolute atomic E-state index is 0.135. The largest absolute Gasteiger partial charge is 0.462 e. The number of H-pyrrole nitrogens is 2. The monoisotopic (exact) mass is 468 g/mol. The Balaban J connectivity index is 1.91. The number of esters is 1. The number of halogens is 2. The fourth-order valence-corrected chi connectivity index (χ4v) is 4.84. The highest BCUT2D eigenvalue weighted by atomic mass is 19.1. The van der Waals surface area contributed by atoms with Crippen LogP contribution in [0.25, 0.3) is 43.6 Å². The Morgan fingerprint density at radius 1 is 0.771 bits per heavy atom. The molecule has 7 heteroatoms. The summed E-state index contributed by atoms with van der Waals surface area (Å²) < 4.78 is 34.1. The third-order valence-electron chi connectivity index (χ3n) is 6.26. The number of carbonyl (C=O) groups is 2. The Labute approximate surface area is 197 Å². The van der Waals surface area contributed by atoms with Crippen LogP contribution in [-0.4, -0.2) is 28.3 Å². The van der Waals surface area contributed by atoms with Gasteiger partial charge in [-0.25, -0.2) is 13.6 Å². The van der Waals surface area contributed by atoms with Gasteiger partial charge in [-0.15, -0.1) is 0 Å². The average Bonchev–Trinajstić information content (AvgIpc) is 3.40. The molecule has 35 heavy (non-hydrogen) atoms. The molecule has 0 spiro atoms. The van der Waals surface area contributed by atoms with Crippen LogP contribution in [0.4, 0.5) is 8.78 Å². The van der Waals surface area contributed by atoms with Gasteiger partial charge in [0, 0.05) is 43.7 Å². The van der Waals surface area contributed by atoms with Crippen LogP contribution >= 0.6 is 0 Å². The van der Waals surface area contributed by atoms with Crippen molar-refractivity contribution < 1.29 is 23.1 Å². The van der Waals surface area contributed by atoms with Crippen LogP contribution in [0.2, 0.25) is 0 Å². The predicted molar refractivity (Wildman–Crippen MR) is 131 cm³/mol. The zero-order valence-electron chi connectivity index (χ0n) is 18.5. The van der Waals surface area contributed by atoms with Gasteiger partial charge in [0.2, 0.25) is 0 Å². The van der Waals surface area contributed by atoms with Crippen LogP contribution < -0.4 is 0 Å². The van der Waals surface area contributed by atoms with E-state index in [2.05, 4.69) is 9.97 Å². The number of ether oxygens (including phenoxy) is 1. The van der Waals surface area contributed by atoms with Gasteiger partial charge in [-0.1, -0.05) is 30.3 Å². The molecule has 0 aliphatic heterocycles. The zero-order valence-corrected chi connectivity index (χ0v) is 18.5. The molecule has 6 rings (SSSR count). The molecule has 0 aliphatic carbocycles. The molecule has 2 heterocycles. The molecule has 0 radical (unpaired) electrons. The number of hydrogen-bond donors (Lipinski definition) is 2. The lowest BCUT2D eigenvalue weighted by molar-refractivity contribution is 0.0530. The molecule has 2 aromatic heterocycles. The molecule has 0 aliphatic rings. The van der Waals surface area contributed by atoms with Gasteiger partial charge in [-0.05, 0) is 43.3 Å². The molecule has 0 amide bonds. The quantitative estimate of drug-likeness (QED) is 0.225. The first kappa shape index (κ1) is 21.0. The van der Waals surface area contributed by atoms with Gasteiger partial charge in [0.05, 0.1) is 17.6 Å². The molecule has 172 valence electrons. The summed E-state index contributed by atoms with van der Waals surface area (Å²) in [6.07, 6.45) is 0. The number of carbonyl (C=O) groups excluding carboxylic acids is 2. The van der Waals surface area contributed by atoms with Crippen molar-refractivity contribution in [2.75, 3.05) is 6.61 Å². The fraction of sp³-hybridized carbons (Fsp3) is 0.0714. The summed E-state index contributed by atoms with van der Waals surface area (Å²) >= 11 is 0. The third-order valence-corrected chi connectivity index (χ3v) is 6.26. The van der Waals surface area contributed by atoms with Crippen LogP contribution in [0, 0.1) is 11.6 Å². The van der Waals surface area contributed by atoms with E-state index in [1.807, 2.05) is 0 Å². The van der Waals surface area contributed by atoms with E-state index in [1.165, 1.54) is 24.3 Å². The van der Waals surface area contributed by atoms with E-state index in [1.54, 1.807) is 49.4 Å². The molecular weight excluding hydrogens is 450 g/mol. The number of aromatic amines is 2. The van der Waals surface area contributed by atoms with Crippen molar-refractivity contribution in [3.05, 3.63) is 95.1 Å². The minimum atomic E-state index is -0.611. The molecule has 0 unspecified atom stereocenters. The first-order valence-electron chi connectivity index (χ1n) is 11.1. The Bertz CT molecular complexity index is 1720. The van der Waals surface area contributed by atoms with E-state index in [0.717, 1.165) is 0 Å². The molecule has 0 saturated carbocycles. The molecule has 4 aromatic carbocycles. The highest BCUT2D eigenvalue weighted by molar-refractivity contribution is 6.36. The smallest absolute Gasteiger partial charge is 0.342 e. The molecule has 6 aromatic rings. The summed E-state index contributed by atoms with van der Waals surface area (Å²) in [6, 6.07) is 17.0. The maximum Gasteiger partial charge on any atom is 0.342 e. The second-order valence-corrected chi connectivity index (χ2v) is 8.30. The van der Waals surface area contributed by atoms with Crippen molar-refractivity contribution in [2.24, 2.45) is 0 Å². The highest BCUT2D eigenvalue weighted by Gasteiger charge is 2.29.